The van der Waals surface area contributed by atoms with Gasteiger partial charge < -0.3 is 15.1 Å². The van der Waals surface area contributed by atoms with Crippen LogP contribution in [0, 0.1) is 12.8 Å². The number of hydrogen-bond acceptors (Lipinski definition) is 11. The topological polar surface area (TPSA) is 102 Å². The van der Waals surface area contributed by atoms with Gasteiger partial charge in [0.2, 0.25) is 17.8 Å². The fraction of sp³-hybridized carbons (Fsp3) is 0.480. The van der Waals surface area contributed by atoms with Crippen molar-refractivity contribution in [1.29, 1.82) is 0 Å². The van der Waals surface area contributed by atoms with Gasteiger partial charge in [-0.3, -0.25) is 15.0 Å². The smallest absolute Gasteiger partial charge is 0.234 e. The zero-order valence-corrected chi connectivity index (χ0v) is 23.1. The van der Waals surface area contributed by atoms with Crippen molar-refractivity contribution in [3.8, 4) is 0 Å². The molecule has 10 nitrogen and oxygen atoms in total. The highest BCUT2D eigenvalue weighted by molar-refractivity contribution is 7.99. The molecule has 3 heterocycles. The van der Waals surface area contributed by atoms with Gasteiger partial charge >= 0.3 is 0 Å². The third kappa shape index (κ3) is 7.37. The molecular weight excluding hydrogens is 506 g/mol. The normalized spacial score (nSPS) is 16.3. The standard InChI is InChI=1S/C25H33N9OS2/c1-17-16-26-24(36-17)29-22-28-23(34-14-12-33(13-15-34)11-10-32(2)3)31-25(30-22)37-20-8-6-19(7-9-20)27-21(35)18-4-5-18/h6-9,16,18H,4-5,10-15H2,1-3H3,(H,27,35)(H,26,28,29,30,31). The van der Waals surface area contributed by atoms with Gasteiger partial charge in [0.15, 0.2) is 10.3 Å². The third-order valence-corrected chi connectivity index (χ3v) is 7.94. The number of carbonyl (C=O) groups excluding carboxylic acids is 1. The number of likely N-dealkylation sites (N-methyl/N-ethyl adjacent to an activating group) is 1. The van der Waals surface area contributed by atoms with Crippen LogP contribution in [0.2, 0.25) is 0 Å². The molecule has 2 aromatic heterocycles. The monoisotopic (exact) mass is 539 g/mol. The molecule has 1 saturated heterocycles. The molecule has 0 bridgehead atoms. The van der Waals surface area contributed by atoms with Crippen molar-refractivity contribution in [3.63, 3.8) is 0 Å². The lowest BCUT2D eigenvalue weighted by Crippen LogP contribution is -2.48. The number of amides is 1. The quantitative estimate of drug-likeness (QED) is 0.398. The second kappa shape index (κ2) is 11.7. The molecule has 0 spiro atoms. The summed E-state index contributed by atoms with van der Waals surface area (Å²) in [5.41, 5.74) is 0.811. The zero-order chi connectivity index (χ0) is 25.8. The van der Waals surface area contributed by atoms with Crippen molar-refractivity contribution in [2.45, 2.75) is 29.8 Å². The highest BCUT2D eigenvalue weighted by Crippen LogP contribution is 2.32. The summed E-state index contributed by atoms with van der Waals surface area (Å²) < 4.78 is 0. The van der Waals surface area contributed by atoms with Gasteiger partial charge in [0, 0.05) is 66.8 Å². The first-order valence-corrected chi connectivity index (χ1v) is 14.2. The molecule has 1 aromatic carbocycles. The van der Waals surface area contributed by atoms with Crippen molar-refractivity contribution in [1.82, 2.24) is 29.7 Å². The lowest BCUT2D eigenvalue weighted by atomic mass is 10.3. The van der Waals surface area contributed by atoms with E-state index in [1.165, 1.54) is 11.8 Å². The predicted octanol–water partition coefficient (Wildman–Crippen LogP) is 3.56. The van der Waals surface area contributed by atoms with Crippen LogP contribution in [-0.2, 0) is 4.79 Å². The number of hydrogen-bond donors (Lipinski definition) is 2. The molecule has 5 rings (SSSR count). The van der Waals surface area contributed by atoms with Crippen molar-refractivity contribution in [2.75, 3.05) is 68.9 Å². The first-order valence-electron chi connectivity index (χ1n) is 12.6. The molecule has 1 saturated carbocycles. The van der Waals surface area contributed by atoms with E-state index in [0.717, 1.165) is 72.7 Å². The van der Waals surface area contributed by atoms with Crippen molar-refractivity contribution in [2.24, 2.45) is 5.92 Å². The van der Waals surface area contributed by atoms with Crippen LogP contribution in [-0.4, -0.2) is 89.0 Å². The summed E-state index contributed by atoms with van der Waals surface area (Å²) in [6.45, 7) is 7.83. The molecule has 2 aliphatic rings. The Hall–Kier alpha value is -2.80. The number of nitrogens with one attached hydrogen (secondary N) is 2. The molecule has 0 radical (unpaired) electrons. The molecule has 3 aromatic rings. The third-order valence-electron chi connectivity index (χ3n) is 6.24. The number of piperazine rings is 1. The Bertz CT molecular complexity index is 1210. The summed E-state index contributed by atoms with van der Waals surface area (Å²) >= 11 is 3.05. The fourth-order valence-electron chi connectivity index (χ4n) is 3.91. The number of thiazole rings is 1. The number of aromatic nitrogens is 4. The number of nitrogens with zero attached hydrogens (tertiary/aromatic N) is 7. The highest BCUT2D eigenvalue weighted by atomic mass is 32.2. The largest absolute Gasteiger partial charge is 0.338 e. The molecule has 1 aliphatic heterocycles. The fourth-order valence-corrected chi connectivity index (χ4v) is 5.31. The maximum absolute atomic E-state index is 12.0. The molecule has 37 heavy (non-hydrogen) atoms. The first kappa shape index (κ1) is 25.8. The predicted molar refractivity (Wildman–Crippen MR) is 149 cm³/mol. The van der Waals surface area contributed by atoms with Crippen LogP contribution in [0.15, 0.2) is 40.5 Å². The van der Waals surface area contributed by atoms with Crippen LogP contribution in [0.4, 0.5) is 22.7 Å². The minimum Gasteiger partial charge on any atom is -0.338 e. The maximum atomic E-state index is 12.0. The lowest BCUT2D eigenvalue weighted by Gasteiger charge is -2.35. The molecule has 1 amide bonds. The summed E-state index contributed by atoms with van der Waals surface area (Å²) in [5.74, 6) is 1.46. The van der Waals surface area contributed by atoms with Gasteiger partial charge in [-0.15, -0.1) is 11.3 Å². The van der Waals surface area contributed by atoms with E-state index in [1.807, 2.05) is 37.4 Å². The summed E-state index contributed by atoms with van der Waals surface area (Å²) in [6, 6.07) is 7.82. The van der Waals surface area contributed by atoms with E-state index in [0.29, 0.717) is 17.1 Å². The molecule has 196 valence electrons. The molecule has 2 fully saturated rings. The number of rotatable bonds is 10. The minimum atomic E-state index is 0.109. The maximum Gasteiger partial charge on any atom is 0.234 e. The van der Waals surface area contributed by atoms with E-state index in [1.54, 1.807) is 11.3 Å². The highest BCUT2D eigenvalue weighted by Gasteiger charge is 2.29. The second-order valence-corrected chi connectivity index (χ2v) is 11.9. The summed E-state index contributed by atoms with van der Waals surface area (Å²) in [4.78, 5) is 39.7. The minimum absolute atomic E-state index is 0.109. The summed E-state index contributed by atoms with van der Waals surface area (Å²) in [5, 5.41) is 7.62. The van der Waals surface area contributed by atoms with Crippen molar-refractivity contribution in [3.05, 3.63) is 35.3 Å². The Labute approximate surface area is 225 Å². The molecule has 0 unspecified atom stereocenters. The summed E-state index contributed by atoms with van der Waals surface area (Å²) in [6.07, 6.45) is 3.81. The van der Waals surface area contributed by atoms with Gasteiger partial charge in [-0.05, 0) is 69.9 Å². The Morgan fingerprint density at radius 2 is 1.86 bits per heavy atom. The van der Waals surface area contributed by atoms with Crippen molar-refractivity contribution >= 4 is 51.7 Å². The average molecular weight is 540 g/mol. The van der Waals surface area contributed by atoms with Crippen LogP contribution in [0.25, 0.3) is 0 Å². The van der Waals surface area contributed by atoms with Crippen LogP contribution in [0.1, 0.15) is 17.7 Å². The Morgan fingerprint density at radius 3 is 2.51 bits per heavy atom. The number of anilines is 4. The Balaban J connectivity index is 1.30. The molecule has 12 heteroatoms. The van der Waals surface area contributed by atoms with Crippen LogP contribution in [0.3, 0.4) is 0 Å². The van der Waals surface area contributed by atoms with Gasteiger partial charge in [-0.1, -0.05) is 0 Å². The molecular formula is C25H33N9OS2. The van der Waals surface area contributed by atoms with Gasteiger partial charge in [-0.25, -0.2) is 4.98 Å². The van der Waals surface area contributed by atoms with E-state index in [9.17, 15) is 4.79 Å². The first-order chi connectivity index (χ1) is 17.9. The van der Waals surface area contributed by atoms with E-state index < -0.39 is 0 Å². The van der Waals surface area contributed by atoms with Crippen LogP contribution < -0.4 is 15.5 Å². The van der Waals surface area contributed by atoms with Gasteiger partial charge in [0.1, 0.15) is 0 Å². The molecule has 2 N–H and O–H groups in total. The van der Waals surface area contributed by atoms with Gasteiger partial charge in [0.05, 0.1) is 0 Å². The van der Waals surface area contributed by atoms with E-state index in [2.05, 4.69) is 49.4 Å². The summed E-state index contributed by atoms with van der Waals surface area (Å²) in [7, 11) is 4.22. The van der Waals surface area contributed by atoms with Crippen molar-refractivity contribution < 1.29 is 4.79 Å². The van der Waals surface area contributed by atoms with Gasteiger partial charge in [0.25, 0.3) is 0 Å². The van der Waals surface area contributed by atoms with E-state index in [4.69, 9.17) is 9.97 Å². The second-order valence-electron chi connectivity index (χ2n) is 9.66. The number of aryl methyl sites for hydroxylation is 1. The van der Waals surface area contributed by atoms with E-state index >= 15 is 0 Å². The zero-order valence-electron chi connectivity index (χ0n) is 21.5. The number of carbonyl (C=O) groups is 1. The van der Waals surface area contributed by atoms with Gasteiger partial charge in [-0.2, -0.15) is 15.0 Å². The van der Waals surface area contributed by atoms with E-state index in [-0.39, 0.29) is 11.8 Å². The number of benzene rings is 1. The SMILES string of the molecule is Cc1cnc(Nc2nc(Sc3ccc(NC(=O)C4CC4)cc3)nc(N3CCN(CCN(C)C)CC3)n2)s1. The molecule has 1 aliphatic carbocycles. The Kier molecular flexibility index (Phi) is 8.18. The lowest BCUT2D eigenvalue weighted by molar-refractivity contribution is -0.117. The van der Waals surface area contributed by atoms with Crippen LogP contribution >= 0.6 is 23.1 Å². The Morgan fingerprint density at radius 1 is 1.11 bits per heavy atom. The average Bonchev–Trinajstić information content (AvgIpc) is 3.66. The molecule has 0 atom stereocenters. The van der Waals surface area contributed by atoms with Crippen LogP contribution in [0.5, 0.6) is 0 Å².